The quantitative estimate of drug-likeness (QED) is 0.206. The second-order valence-electron chi connectivity index (χ2n) is 11.1. The summed E-state index contributed by atoms with van der Waals surface area (Å²) >= 11 is 6.52. The molecule has 4 aromatic rings. The van der Waals surface area contributed by atoms with Crippen LogP contribution in [0.3, 0.4) is 0 Å². The van der Waals surface area contributed by atoms with E-state index in [1.807, 2.05) is 39.8 Å². The van der Waals surface area contributed by atoms with Crippen LogP contribution in [0.5, 0.6) is 0 Å². The average Bonchev–Trinajstić information content (AvgIpc) is 3.51. The van der Waals surface area contributed by atoms with E-state index >= 15 is 0 Å². The molecule has 1 unspecified atom stereocenters. The number of hydrogen-bond donors (Lipinski definition) is 2. The van der Waals surface area contributed by atoms with Gasteiger partial charge in [-0.15, -0.1) is 0 Å². The lowest BCUT2D eigenvalue weighted by Crippen LogP contribution is -2.39. The first-order valence-electron chi connectivity index (χ1n) is 12.9. The Morgan fingerprint density at radius 3 is 2.38 bits per heavy atom. The number of Topliss-reactive ketones (excluding diaryl/α,β-unsaturated/α-hetero) is 1. The lowest BCUT2D eigenvalue weighted by molar-refractivity contribution is 0.0599. The van der Waals surface area contributed by atoms with Gasteiger partial charge in [-0.1, -0.05) is 50.6 Å². The third-order valence-corrected chi connectivity index (χ3v) is 7.69. The Kier molecular flexibility index (Phi) is 6.92. The van der Waals surface area contributed by atoms with Crippen LogP contribution in [0.25, 0.3) is 0 Å². The molecule has 0 bridgehead atoms. The minimum absolute atomic E-state index is 0.0678. The molecular weight excluding hydrogens is 532 g/mol. The van der Waals surface area contributed by atoms with Gasteiger partial charge in [0.1, 0.15) is 22.9 Å². The van der Waals surface area contributed by atoms with Crippen LogP contribution in [0.1, 0.15) is 76.1 Å². The number of halogens is 1. The van der Waals surface area contributed by atoms with E-state index in [0.29, 0.717) is 38.7 Å². The topological polar surface area (TPSA) is 115 Å². The monoisotopic (exact) mass is 560 g/mol. The summed E-state index contributed by atoms with van der Waals surface area (Å²) in [4.78, 5) is 51.6. The number of ketones is 1. The molecule has 40 heavy (non-hydrogen) atoms. The van der Waals surface area contributed by atoms with Crippen molar-refractivity contribution in [2.75, 3.05) is 17.7 Å². The number of carbonyl (C=O) groups is 2. The number of anilines is 3. The molecule has 0 saturated heterocycles. The third kappa shape index (κ3) is 4.62. The Morgan fingerprint density at radius 1 is 1.02 bits per heavy atom. The molecule has 1 aliphatic carbocycles. The Bertz CT molecular complexity index is 1720. The lowest BCUT2D eigenvalue weighted by Gasteiger charge is -2.31. The van der Waals surface area contributed by atoms with Crippen molar-refractivity contribution in [2.24, 2.45) is 5.41 Å². The number of rotatable bonds is 7. The number of methoxy groups -OCH3 is 1. The highest BCUT2D eigenvalue weighted by atomic mass is 35.5. The van der Waals surface area contributed by atoms with Crippen LogP contribution in [0, 0.1) is 12.3 Å². The van der Waals surface area contributed by atoms with Gasteiger partial charge in [0.25, 0.3) is 10.9 Å². The van der Waals surface area contributed by atoms with E-state index in [4.69, 9.17) is 20.8 Å². The van der Waals surface area contributed by atoms with Crippen LogP contribution in [0.2, 0.25) is 5.02 Å². The molecule has 0 saturated carbocycles. The van der Waals surface area contributed by atoms with Crippen molar-refractivity contribution in [1.82, 2.24) is 0 Å². The van der Waals surface area contributed by atoms with Gasteiger partial charge in [-0.05, 0) is 60.2 Å². The summed E-state index contributed by atoms with van der Waals surface area (Å²) in [7, 11) is 1.29. The van der Waals surface area contributed by atoms with E-state index in [0.717, 1.165) is 5.76 Å². The molecule has 0 amide bonds. The number of fused-ring (bicyclic) bond motifs is 1. The summed E-state index contributed by atoms with van der Waals surface area (Å²) in [5.41, 5.74) is 0.623. The molecule has 8 nitrogen and oxygen atoms in total. The lowest BCUT2D eigenvalue weighted by atomic mass is 9.85. The van der Waals surface area contributed by atoms with E-state index in [-0.39, 0.29) is 29.0 Å². The first-order valence-corrected chi connectivity index (χ1v) is 13.3. The maximum atomic E-state index is 13.8. The maximum Gasteiger partial charge on any atom is 0.338 e. The Labute approximate surface area is 236 Å². The van der Waals surface area contributed by atoms with Crippen LogP contribution >= 0.6 is 11.6 Å². The number of aryl methyl sites for hydroxylation is 1. The smallest absolute Gasteiger partial charge is 0.338 e. The number of furan rings is 1. The summed E-state index contributed by atoms with van der Waals surface area (Å²) in [5, 5.41) is 6.66. The SMILES string of the molecule is COC(=O)c1ccccc1C1Cc2c(Cl)ccc(Nc3c(N[C@@H](c4ccc(C)o4)C(C)(C)C)c(=O)c3=O)c2C1=O. The van der Waals surface area contributed by atoms with E-state index in [9.17, 15) is 19.2 Å². The summed E-state index contributed by atoms with van der Waals surface area (Å²) in [6.07, 6.45) is 0.275. The van der Waals surface area contributed by atoms with Crippen molar-refractivity contribution in [3.05, 3.63) is 108 Å². The predicted octanol–water partition coefficient (Wildman–Crippen LogP) is 6.09. The highest BCUT2D eigenvalue weighted by molar-refractivity contribution is 6.32. The van der Waals surface area contributed by atoms with Crippen LogP contribution in [0.15, 0.2) is 62.5 Å². The summed E-state index contributed by atoms with van der Waals surface area (Å²) in [6, 6.07) is 13.3. The Morgan fingerprint density at radius 2 is 1.73 bits per heavy atom. The molecule has 1 heterocycles. The van der Waals surface area contributed by atoms with E-state index in [1.165, 1.54) is 7.11 Å². The zero-order chi connectivity index (χ0) is 28.9. The predicted molar refractivity (Wildman–Crippen MR) is 154 cm³/mol. The van der Waals surface area contributed by atoms with E-state index < -0.39 is 28.8 Å². The number of hydrogen-bond acceptors (Lipinski definition) is 8. The van der Waals surface area contributed by atoms with Gasteiger partial charge in [0.2, 0.25) is 0 Å². The van der Waals surface area contributed by atoms with Crippen molar-refractivity contribution in [2.45, 2.75) is 46.1 Å². The van der Waals surface area contributed by atoms with E-state index in [2.05, 4.69) is 10.6 Å². The highest BCUT2D eigenvalue weighted by Gasteiger charge is 2.38. The van der Waals surface area contributed by atoms with Gasteiger partial charge >= 0.3 is 5.97 Å². The maximum absolute atomic E-state index is 13.8. The molecule has 0 radical (unpaired) electrons. The molecule has 0 spiro atoms. The van der Waals surface area contributed by atoms with Crippen LogP contribution in [-0.2, 0) is 11.2 Å². The van der Waals surface area contributed by atoms with Gasteiger partial charge in [-0.2, -0.15) is 0 Å². The van der Waals surface area contributed by atoms with Crippen molar-refractivity contribution in [1.29, 1.82) is 0 Å². The number of carbonyl (C=O) groups excluding carboxylic acids is 2. The molecule has 0 fully saturated rings. The minimum Gasteiger partial charge on any atom is -0.465 e. The van der Waals surface area contributed by atoms with Gasteiger partial charge in [-0.25, -0.2) is 4.79 Å². The van der Waals surface area contributed by atoms with Crippen molar-refractivity contribution in [3.63, 3.8) is 0 Å². The van der Waals surface area contributed by atoms with Gasteiger partial charge in [0.15, 0.2) is 5.78 Å². The number of ether oxygens (including phenoxy) is 1. The van der Waals surface area contributed by atoms with Crippen LogP contribution in [-0.4, -0.2) is 18.9 Å². The minimum atomic E-state index is -0.687. The molecular formula is C31H29ClN2O6. The largest absolute Gasteiger partial charge is 0.465 e. The fourth-order valence-electron chi connectivity index (χ4n) is 5.28. The molecule has 1 aromatic heterocycles. The molecule has 1 aliphatic rings. The van der Waals surface area contributed by atoms with Gasteiger partial charge in [-0.3, -0.25) is 14.4 Å². The molecule has 5 rings (SSSR count). The molecule has 9 heteroatoms. The number of benzene rings is 2. The zero-order valence-electron chi connectivity index (χ0n) is 22.8. The van der Waals surface area contributed by atoms with Crippen molar-refractivity contribution >= 4 is 40.4 Å². The number of esters is 1. The standard InChI is InChI=1S/C31H29ClN2O6/c1-15-10-13-22(40-15)29(31(2,3)4)34-25-24(27(36)28(25)37)33-21-12-11-20(32)19-14-18(26(35)23(19)21)16-8-6-7-9-17(16)30(38)39-5/h6-13,18,29,33-34H,14H2,1-5H3/t18?,29-/m0/s1. The molecule has 3 aromatic carbocycles. The highest BCUT2D eigenvalue weighted by Crippen LogP contribution is 2.44. The second-order valence-corrected chi connectivity index (χ2v) is 11.5. The Balaban J connectivity index is 1.51. The molecule has 206 valence electrons. The summed E-state index contributed by atoms with van der Waals surface area (Å²) < 4.78 is 10.8. The molecule has 0 aliphatic heterocycles. The van der Waals surface area contributed by atoms with Crippen molar-refractivity contribution in [3.8, 4) is 0 Å². The summed E-state index contributed by atoms with van der Waals surface area (Å²) in [6.45, 7) is 7.83. The fraction of sp³-hybridized carbons (Fsp3) is 0.290. The molecule has 2 atom stereocenters. The molecule has 2 N–H and O–H groups in total. The van der Waals surface area contributed by atoms with Crippen LogP contribution < -0.4 is 21.5 Å². The van der Waals surface area contributed by atoms with Gasteiger partial charge < -0.3 is 19.8 Å². The van der Waals surface area contributed by atoms with Crippen molar-refractivity contribution < 1.29 is 18.7 Å². The Hall–Kier alpha value is -4.17. The first kappa shape index (κ1) is 27.4. The van der Waals surface area contributed by atoms with E-state index in [1.54, 1.807) is 36.4 Å². The summed E-state index contributed by atoms with van der Waals surface area (Å²) in [5.74, 6) is -0.0817. The zero-order valence-corrected chi connectivity index (χ0v) is 23.6. The van der Waals surface area contributed by atoms with Crippen LogP contribution in [0.4, 0.5) is 17.1 Å². The number of nitrogens with one attached hydrogen (secondary N) is 2. The fourth-order valence-corrected chi connectivity index (χ4v) is 5.51. The van der Waals surface area contributed by atoms with Gasteiger partial charge in [0, 0.05) is 16.3 Å². The van der Waals surface area contributed by atoms with Gasteiger partial charge in [0.05, 0.1) is 24.6 Å². The third-order valence-electron chi connectivity index (χ3n) is 7.34. The second kappa shape index (κ2) is 10.1. The first-order chi connectivity index (χ1) is 18.9. The normalized spacial score (nSPS) is 15.7. The average molecular weight is 561 g/mol.